The fourth-order valence-corrected chi connectivity index (χ4v) is 2.89. The largest absolute Gasteiger partial charge is 0.383 e. The highest BCUT2D eigenvalue weighted by Gasteiger charge is 2.22. The summed E-state index contributed by atoms with van der Waals surface area (Å²) < 4.78 is 12.5. The molecule has 0 aliphatic rings. The molecule has 0 bridgehead atoms. The number of amides is 2. The lowest BCUT2D eigenvalue weighted by Crippen LogP contribution is -2.44. The highest BCUT2D eigenvalue weighted by molar-refractivity contribution is 5.85. The Hall–Kier alpha value is -1.86. The van der Waals surface area contributed by atoms with E-state index in [1.54, 1.807) is 16.9 Å². The third kappa shape index (κ3) is 8.89. The number of methoxy groups -OCH3 is 1. The molecule has 1 aromatic heterocycles. The van der Waals surface area contributed by atoms with Gasteiger partial charge in [0.15, 0.2) is 0 Å². The standard InChI is InChI=1S/C21H37N3O4/c1-6-28-13-8-11-23(20(25)15-18(2)3)17-21(26)24(12-14-27-5)16-19-9-7-10-22(19)4/h7,9-10,18H,6,8,11-17H2,1-5H3. The Bertz CT molecular complexity index is 586. The number of nitrogens with zero attached hydrogens (tertiary/aromatic N) is 3. The summed E-state index contributed by atoms with van der Waals surface area (Å²) in [5.74, 6) is 0.210. The number of ether oxygens (including phenoxy) is 2. The number of aryl methyl sites for hydroxylation is 1. The summed E-state index contributed by atoms with van der Waals surface area (Å²) in [5.41, 5.74) is 1.04. The summed E-state index contributed by atoms with van der Waals surface area (Å²) in [6.45, 7) is 9.28. The zero-order chi connectivity index (χ0) is 20.9. The van der Waals surface area contributed by atoms with Crippen molar-refractivity contribution in [2.75, 3.05) is 46.6 Å². The van der Waals surface area contributed by atoms with Gasteiger partial charge >= 0.3 is 0 Å². The van der Waals surface area contributed by atoms with Crippen LogP contribution in [0.25, 0.3) is 0 Å². The number of aromatic nitrogens is 1. The molecular weight excluding hydrogens is 358 g/mol. The van der Waals surface area contributed by atoms with E-state index in [1.165, 1.54) is 0 Å². The summed E-state index contributed by atoms with van der Waals surface area (Å²) in [4.78, 5) is 29.1. The van der Waals surface area contributed by atoms with Crippen LogP contribution in [0.2, 0.25) is 0 Å². The molecular formula is C21H37N3O4. The van der Waals surface area contributed by atoms with Crippen molar-refractivity contribution >= 4 is 11.8 Å². The van der Waals surface area contributed by atoms with Crippen LogP contribution in [-0.4, -0.2) is 72.7 Å². The molecule has 7 heteroatoms. The van der Waals surface area contributed by atoms with Crippen LogP contribution < -0.4 is 0 Å². The predicted molar refractivity (Wildman–Crippen MR) is 110 cm³/mol. The zero-order valence-corrected chi connectivity index (χ0v) is 18.1. The topological polar surface area (TPSA) is 64.0 Å². The average Bonchev–Trinajstić information content (AvgIpc) is 3.05. The van der Waals surface area contributed by atoms with Crippen LogP contribution in [0.15, 0.2) is 18.3 Å². The van der Waals surface area contributed by atoms with Crippen molar-refractivity contribution in [3.8, 4) is 0 Å². The van der Waals surface area contributed by atoms with Gasteiger partial charge in [0.2, 0.25) is 11.8 Å². The molecule has 0 saturated carbocycles. The molecule has 0 N–H and O–H groups in total. The smallest absolute Gasteiger partial charge is 0.242 e. The molecule has 0 aliphatic heterocycles. The van der Waals surface area contributed by atoms with Crippen molar-refractivity contribution in [3.63, 3.8) is 0 Å². The lowest BCUT2D eigenvalue weighted by Gasteiger charge is -2.28. The average molecular weight is 396 g/mol. The molecule has 1 aromatic rings. The molecule has 0 unspecified atom stereocenters. The van der Waals surface area contributed by atoms with E-state index in [0.29, 0.717) is 45.9 Å². The zero-order valence-electron chi connectivity index (χ0n) is 18.1. The molecule has 0 fully saturated rings. The molecule has 0 saturated heterocycles. The molecule has 0 spiro atoms. The van der Waals surface area contributed by atoms with Crippen molar-refractivity contribution in [2.24, 2.45) is 13.0 Å². The van der Waals surface area contributed by atoms with Crippen LogP contribution in [0.5, 0.6) is 0 Å². The fourth-order valence-electron chi connectivity index (χ4n) is 2.89. The van der Waals surface area contributed by atoms with E-state index in [2.05, 4.69) is 0 Å². The molecule has 1 heterocycles. The molecule has 0 radical (unpaired) electrons. The second-order valence-electron chi connectivity index (χ2n) is 7.38. The SMILES string of the molecule is CCOCCCN(CC(=O)N(CCOC)Cc1cccn1C)C(=O)CC(C)C. The van der Waals surface area contributed by atoms with Gasteiger partial charge in [0.05, 0.1) is 19.7 Å². The van der Waals surface area contributed by atoms with Crippen LogP contribution in [0.3, 0.4) is 0 Å². The van der Waals surface area contributed by atoms with E-state index in [4.69, 9.17) is 9.47 Å². The van der Waals surface area contributed by atoms with Gasteiger partial charge in [0, 0.05) is 58.8 Å². The van der Waals surface area contributed by atoms with Crippen molar-refractivity contribution in [3.05, 3.63) is 24.0 Å². The van der Waals surface area contributed by atoms with Crippen molar-refractivity contribution in [1.82, 2.24) is 14.4 Å². The van der Waals surface area contributed by atoms with Crippen LogP contribution >= 0.6 is 0 Å². The Morgan fingerprint density at radius 1 is 1.14 bits per heavy atom. The summed E-state index contributed by atoms with van der Waals surface area (Å²) in [5, 5.41) is 0. The van der Waals surface area contributed by atoms with Crippen molar-refractivity contribution in [2.45, 2.75) is 40.2 Å². The second kappa shape index (κ2) is 13.3. The Morgan fingerprint density at radius 2 is 1.89 bits per heavy atom. The van der Waals surface area contributed by atoms with Gasteiger partial charge in [-0.3, -0.25) is 9.59 Å². The Kier molecular flexibility index (Phi) is 11.5. The molecule has 1 rings (SSSR count). The number of carbonyl (C=O) groups excluding carboxylic acids is 2. The maximum Gasteiger partial charge on any atom is 0.242 e. The van der Waals surface area contributed by atoms with Crippen LogP contribution in [0.1, 0.15) is 39.3 Å². The number of hydrogen-bond acceptors (Lipinski definition) is 4. The lowest BCUT2D eigenvalue weighted by atomic mass is 10.1. The molecule has 0 atom stereocenters. The fraction of sp³-hybridized carbons (Fsp3) is 0.714. The quantitative estimate of drug-likeness (QED) is 0.454. The van der Waals surface area contributed by atoms with E-state index in [1.807, 2.05) is 50.7 Å². The Balaban J connectivity index is 2.79. The Labute approximate surface area is 169 Å². The summed E-state index contributed by atoms with van der Waals surface area (Å²) in [6, 6.07) is 3.96. The number of rotatable bonds is 14. The van der Waals surface area contributed by atoms with Gasteiger partial charge in [-0.15, -0.1) is 0 Å². The molecule has 7 nitrogen and oxygen atoms in total. The molecule has 0 aliphatic carbocycles. The van der Waals surface area contributed by atoms with Gasteiger partial charge < -0.3 is 23.8 Å². The number of carbonyl (C=O) groups is 2. The second-order valence-corrected chi connectivity index (χ2v) is 7.38. The van der Waals surface area contributed by atoms with Gasteiger partial charge in [0.1, 0.15) is 0 Å². The van der Waals surface area contributed by atoms with E-state index < -0.39 is 0 Å². The van der Waals surface area contributed by atoms with E-state index in [0.717, 1.165) is 12.1 Å². The van der Waals surface area contributed by atoms with Crippen LogP contribution in [0.4, 0.5) is 0 Å². The van der Waals surface area contributed by atoms with Gasteiger partial charge in [-0.05, 0) is 31.4 Å². The highest BCUT2D eigenvalue weighted by Crippen LogP contribution is 2.09. The van der Waals surface area contributed by atoms with Crippen molar-refractivity contribution in [1.29, 1.82) is 0 Å². The minimum Gasteiger partial charge on any atom is -0.383 e. The van der Waals surface area contributed by atoms with E-state index in [-0.39, 0.29) is 24.3 Å². The molecule has 0 aromatic carbocycles. The van der Waals surface area contributed by atoms with Crippen molar-refractivity contribution < 1.29 is 19.1 Å². The minimum atomic E-state index is -0.0632. The van der Waals surface area contributed by atoms with Gasteiger partial charge in [-0.1, -0.05) is 13.8 Å². The lowest BCUT2D eigenvalue weighted by molar-refractivity contribution is -0.141. The third-order valence-electron chi connectivity index (χ3n) is 4.50. The summed E-state index contributed by atoms with van der Waals surface area (Å²) in [6.07, 6.45) is 3.12. The third-order valence-corrected chi connectivity index (χ3v) is 4.50. The normalized spacial score (nSPS) is 11.1. The summed E-state index contributed by atoms with van der Waals surface area (Å²) >= 11 is 0. The van der Waals surface area contributed by atoms with E-state index in [9.17, 15) is 9.59 Å². The first-order valence-corrected chi connectivity index (χ1v) is 10.1. The van der Waals surface area contributed by atoms with Gasteiger partial charge in [0.25, 0.3) is 0 Å². The Morgan fingerprint density at radius 3 is 2.46 bits per heavy atom. The van der Waals surface area contributed by atoms with Gasteiger partial charge in [-0.25, -0.2) is 0 Å². The maximum absolute atomic E-state index is 13.0. The molecule has 28 heavy (non-hydrogen) atoms. The maximum atomic E-state index is 13.0. The monoisotopic (exact) mass is 395 g/mol. The summed E-state index contributed by atoms with van der Waals surface area (Å²) in [7, 11) is 3.58. The van der Waals surface area contributed by atoms with Crippen LogP contribution in [-0.2, 0) is 32.7 Å². The first kappa shape index (κ1) is 24.2. The van der Waals surface area contributed by atoms with Crippen LogP contribution in [0, 0.1) is 5.92 Å². The molecule has 2 amide bonds. The van der Waals surface area contributed by atoms with Gasteiger partial charge in [-0.2, -0.15) is 0 Å². The minimum absolute atomic E-state index is 0.0189. The first-order valence-electron chi connectivity index (χ1n) is 10.1. The van der Waals surface area contributed by atoms with E-state index >= 15 is 0 Å². The highest BCUT2D eigenvalue weighted by atomic mass is 16.5. The molecule has 160 valence electrons. The predicted octanol–water partition coefficient (Wildman–Crippen LogP) is 2.30. The first-order chi connectivity index (χ1) is 13.4. The number of hydrogen-bond donors (Lipinski definition) is 0.